The summed E-state index contributed by atoms with van der Waals surface area (Å²) < 4.78 is 22.8. The topological polar surface area (TPSA) is 94.0 Å². The lowest BCUT2D eigenvalue weighted by Crippen LogP contribution is -2.35. The van der Waals surface area contributed by atoms with Gasteiger partial charge in [-0.1, -0.05) is 22.8 Å². The van der Waals surface area contributed by atoms with Gasteiger partial charge in [-0.3, -0.25) is 14.7 Å². The van der Waals surface area contributed by atoms with E-state index in [4.69, 9.17) is 26.6 Å². The highest BCUT2D eigenvalue weighted by atomic mass is 35.5. The first kappa shape index (κ1) is 19.9. The van der Waals surface area contributed by atoms with E-state index in [1.807, 2.05) is 19.1 Å². The highest BCUT2D eigenvalue weighted by molar-refractivity contribution is 6.30. The number of hydrogen-bond acceptors (Lipinski definition) is 5. The van der Waals surface area contributed by atoms with Gasteiger partial charge in [0.1, 0.15) is 0 Å². The molecular formula is C17H20ClFN4O3. The van der Waals surface area contributed by atoms with E-state index in [1.54, 1.807) is 6.07 Å². The Kier molecular flexibility index (Phi) is 7.11. The highest BCUT2D eigenvalue weighted by Crippen LogP contribution is 2.18. The van der Waals surface area contributed by atoms with Crippen molar-refractivity contribution in [2.75, 3.05) is 31.8 Å². The molecule has 140 valence electrons. The first-order valence-electron chi connectivity index (χ1n) is 7.83. The molecule has 0 unspecified atom stereocenters. The van der Waals surface area contributed by atoms with Crippen molar-refractivity contribution in [3.8, 4) is 0 Å². The molecule has 7 nitrogen and oxygen atoms in total. The Bertz CT molecular complexity index is 794. The molecule has 0 fully saturated rings. The van der Waals surface area contributed by atoms with Crippen molar-refractivity contribution in [3.05, 3.63) is 46.2 Å². The van der Waals surface area contributed by atoms with Crippen LogP contribution in [0.3, 0.4) is 0 Å². The normalized spacial score (nSPS) is 11.6. The highest BCUT2D eigenvalue weighted by Gasteiger charge is 2.20. The molecule has 0 saturated heterocycles. The number of nitrogens with two attached hydrogens (primary N) is 1. The van der Waals surface area contributed by atoms with E-state index in [2.05, 4.69) is 10.1 Å². The Morgan fingerprint density at radius 3 is 2.92 bits per heavy atom. The van der Waals surface area contributed by atoms with Crippen molar-refractivity contribution >= 4 is 29.2 Å². The average Bonchev–Trinajstić information content (AvgIpc) is 3.12. The van der Waals surface area contributed by atoms with Crippen molar-refractivity contribution in [1.82, 2.24) is 5.16 Å². The fraction of sp³-hybridized carbons (Fsp3) is 0.353. The van der Waals surface area contributed by atoms with Crippen molar-refractivity contribution in [2.45, 2.75) is 13.5 Å². The Balaban J connectivity index is 2.16. The van der Waals surface area contributed by atoms with E-state index >= 15 is 0 Å². The van der Waals surface area contributed by atoms with E-state index in [0.717, 1.165) is 16.0 Å². The molecule has 0 aliphatic rings. The zero-order valence-corrected chi connectivity index (χ0v) is 15.3. The minimum Gasteiger partial charge on any atom is -0.383 e. The lowest BCUT2D eigenvalue weighted by atomic mass is 10.1. The van der Waals surface area contributed by atoms with Gasteiger partial charge in [-0.05, 0) is 30.2 Å². The standard InChI is InChI=1S/C17H20ClFN4O3/c1-11-3-4-13(18)7-12(11)10-21-17(20)14-8-15(22-26-14)23(5-6-25-2)16(24)9-19/h3-4,7-8H,5-6,9-10H2,1-2H3,(H2,20,21). The summed E-state index contributed by atoms with van der Waals surface area (Å²) in [6.45, 7) is 1.48. The molecule has 9 heteroatoms. The number of carbonyl (C=O) groups is 1. The quantitative estimate of drug-likeness (QED) is 0.559. The zero-order valence-electron chi connectivity index (χ0n) is 14.5. The van der Waals surface area contributed by atoms with E-state index in [1.165, 1.54) is 13.2 Å². The Morgan fingerprint density at radius 1 is 1.46 bits per heavy atom. The summed E-state index contributed by atoms with van der Waals surface area (Å²) in [5.74, 6) is -0.292. The molecule has 1 aromatic carbocycles. The number of alkyl halides is 1. The molecule has 0 saturated carbocycles. The van der Waals surface area contributed by atoms with E-state index in [9.17, 15) is 9.18 Å². The third kappa shape index (κ3) is 5.03. The number of hydrogen-bond donors (Lipinski definition) is 1. The molecule has 0 atom stereocenters. The molecule has 1 heterocycles. The number of amides is 1. The molecular weight excluding hydrogens is 363 g/mol. The van der Waals surface area contributed by atoms with Crippen LogP contribution in [0.2, 0.25) is 5.02 Å². The molecule has 0 bridgehead atoms. The molecule has 1 aromatic heterocycles. The van der Waals surface area contributed by atoms with Gasteiger partial charge >= 0.3 is 0 Å². The number of carbonyl (C=O) groups excluding carboxylic acids is 1. The number of rotatable bonds is 8. The third-order valence-corrected chi connectivity index (χ3v) is 3.93. The number of amidine groups is 1. The summed E-state index contributed by atoms with van der Waals surface area (Å²) >= 11 is 5.99. The summed E-state index contributed by atoms with van der Waals surface area (Å²) in [6.07, 6.45) is 0. The van der Waals surface area contributed by atoms with Gasteiger partial charge in [0.2, 0.25) is 5.76 Å². The van der Waals surface area contributed by atoms with Gasteiger partial charge < -0.3 is 15.0 Å². The minimum atomic E-state index is -1.15. The first-order chi connectivity index (χ1) is 12.5. The van der Waals surface area contributed by atoms with Crippen LogP contribution in [0.25, 0.3) is 0 Å². The average molecular weight is 383 g/mol. The fourth-order valence-electron chi connectivity index (χ4n) is 2.19. The minimum absolute atomic E-state index is 0.113. The van der Waals surface area contributed by atoms with Crippen molar-refractivity contribution in [1.29, 1.82) is 0 Å². The van der Waals surface area contributed by atoms with Crippen LogP contribution < -0.4 is 10.6 Å². The van der Waals surface area contributed by atoms with Crippen LogP contribution in [-0.2, 0) is 16.1 Å². The van der Waals surface area contributed by atoms with Crippen molar-refractivity contribution < 1.29 is 18.4 Å². The number of ether oxygens (including phenoxy) is 1. The smallest absolute Gasteiger partial charge is 0.259 e. The number of aryl methyl sites for hydroxylation is 1. The predicted octanol–water partition coefficient (Wildman–Crippen LogP) is 2.49. The number of methoxy groups -OCH3 is 1. The Hall–Kier alpha value is -2.45. The number of benzene rings is 1. The van der Waals surface area contributed by atoms with Gasteiger partial charge in [0, 0.05) is 18.2 Å². The number of nitrogens with zero attached hydrogens (tertiary/aromatic N) is 3. The lowest BCUT2D eigenvalue weighted by Gasteiger charge is -2.17. The maximum atomic E-state index is 12.7. The van der Waals surface area contributed by atoms with Gasteiger partial charge in [-0.15, -0.1) is 0 Å². The monoisotopic (exact) mass is 382 g/mol. The van der Waals surface area contributed by atoms with Crippen LogP contribution in [0.4, 0.5) is 10.2 Å². The molecule has 0 radical (unpaired) electrons. The largest absolute Gasteiger partial charge is 0.383 e. The number of aromatic nitrogens is 1. The SMILES string of the molecule is COCCN(C(=O)CF)c1cc(C(N)=NCc2cc(Cl)ccc2C)on1. The number of aliphatic imine (C=N–C) groups is 1. The summed E-state index contributed by atoms with van der Waals surface area (Å²) in [4.78, 5) is 17.1. The second kappa shape index (κ2) is 9.30. The van der Waals surface area contributed by atoms with E-state index < -0.39 is 12.6 Å². The molecule has 0 aliphatic carbocycles. The van der Waals surface area contributed by atoms with Crippen LogP contribution in [0, 0.1) is 6.92 Å². The zero-order chi connectivity index (χ0) is 19.1. The summed E-state index contributed by atoms with van der Waals surface area (Å²) in [6, 6.07) is 6.94. The molecule has 26 heavy (non-hydrogen) atoms. The molecule has 1 amide bonds. The lowest BCUT2D eigenvalue weighted by molar-refractivity contribution is -0.119. The molecule has 2 rings (SSSR count). The van der Waals surface area contributed by atoms with Gasteiger partial charge in [-0.2, -0.15) is 0 Å². The Labute approximate surface area is 155 Å². The maximum Gasteiger partial charge on any atom is 0.259 e. The van der Waals surface area contributed by atoms with Crippen LogP contribution >= 0.6 is 11.6 Å². The van der Waals surface area contributed by atoms with Crippen molar-refractivity contribution in [3.63, 3.8) is 0 Å². The second-order valence-electron chi connectivity index (χ2n) is 5.49. The Morgan fingerprint density at radius 2 is 2.23 bits per heavy atom. The van der Waals surface area contributed by atoms with Gasteiger partial charge in [0.25, 0.3) is 5.91 Å². The van der Waals surface area contributed by atoms with Crippen LogP contribution in [-0.4, -0.2) is 43.8 Å². The maximum absolute atomic E-state index is 12.7. The molecule has 2 N–H and O–H groups in total. The first-order valence-corrected chi connectivity index (χ1v) is 8.21. The van der Waals surface area contributed by atoms with E-state index in [-0.39, 0.29) is 30.6 Å². The van der Waals surface area contributed by atoms with Gasteiger partial charge in [-0.25, -0.2) is 4.39 Å². The second-order valence-corrected chi connectivity index (χ2v) is 5.93. The number of halogens is 2. The third-order valence-electron chi connectivity index (χ3n) is 3.69. The van der Waals surface area contributed by atoms with Crippen LogP contribution in [0.5, 0.6) is 0 Å². The molecule has 0 spiro atoms. The predicted molar refractivity (Wildman–Crippen MR) is 97.3 cm³/mol. The summed E-state index contributed by atoms with van der Waals surface area (Å²) in [5, 5.41) is 4.38. The van der Waals surface area contributed by atoms with Gasteiger partial charge in [0.15, 0.2) is 18.3 Å². The molecule has 2 aromatic rings. The number of anilines is 1. The van der Waals surface area contributed by atoms with Gasteiger partial charge in [0.05, 0.1) is 19.7 Å². The van der Waals surface area contributed by atoms with Crippen LogP contribution in [0.15, 0.2) is 33.8 Å². The summed E-state index contributed by atoms with van der Waals surface area (Å²) in [5.41, 5.74) is 7.89. The molecule has 0 aliphatic heterocycles. The summed E-state index contributed by atoms with van der Waals surface area (Å²) in [7, 11) is 1.48. The fourth-order valence-corrected chi connectivity index (χ4v) is 2.39. The van der Waals surface area contributed by atoms with E-state index in [0.29, 0.717) is 11.6 Å². The van der Waals surface area contributed by atoms with Crippen LogP contribution in [0.1, 0.15) is 16.9 Å². The van der Waals surface area contributed by atoms with Crippen molar-refractivity contribution in [2.24, 2.45) is 10.7 Å².